The Hall–Kier alpha value is -1.48. The zero-order valence-corrected chi connectivity index (χ0v) is 8.65. The molecule has 0 saturated carbocycles. The fourth-order valence-electron chi connectivity index (χ4n) is 1.24. The van der Waals surface area contributed by atoms with Crippen molar-refractivity contribution < 1.29 is 14.6 Å². The third-order valence-electron chi connectivity index (χ3n) is 2.22. The molecule has 4 nitrogen and oxygen atoms in total. The predicted molar refractivity (Wildman–Crippen MR) is 55.9 cm³/mol. The molecule has 0 radical (unpaired) electrons. The highest BCUT2D eigenvalue weighted by atomic mass is 19.1. The summed E-state index contributed by atoms with van der Waals surface area (Å²) in [6.07, 6.45) is 0. The van der Waals surface area contributed by atoms with Crippen molar-refractivity contribution in [1.29, 1.82) is 5.26 Å². The first-order valence-corrected chi connectivity index (χ1v) is 4.85. The van der Waals surface area contributed by atoms with Crippen LogP contribution in [0.3, 0.4) is 0 Å². The number of nitrogens with one attached hydrogen (secondary N) is 1. The van der Waals surface area contributed by atoms with E-state index in [2.05, 4.69) is 5.32 Å². The van der Waals surface area contributed by atoms with E-state index in [0.29, 0.717) is 5.56 Å². The number of rotatable bonds is 5. The van der Waals surface area contributed by atoms with Crippen molar-refractivity contribution in [3.8, 4) is 6.07 Å². The minimum Gasteiger partial charge on any atom is -0.395 e. The molecule has 0 amide bonds. The lowest BCUT2D eigenvalue weighted by Crippen LogP contribution is -2.35. The van der Waals surface area contributed by atoms with E-state index < -0.39 is 11.9 Å². The van der Waals surface area contributed by atoms with Crippen molar-refractivity contribution in [2.45, 2.75) is 12.6 Å². The highest BCUT2D eigenvalue weighted by molar-refractivity contribution is 5.34. The Labute approximate surface area is 93.0 Å². The molecule has 0 aliphatic rings. The van der Waals surface area contributed by atoms with Crippen molar-refractivity contribution in [2.75, 3.05) is 13.2 Å². The first-order chi connectivity index (χ1) is 7.72. The third-order valence-corrected chi connectivity index (χ3v) is 2.22. The van der Waals surface area contributed by atoms with Crippen LogP contribution in [0.15, 0.2) is 18.2 Å². The van der Waals surface area contributed by atoms with E-state index in [1.54, 1.807) is 18.2 Å². The maximum absolute atomic E-state index is 13.5. The number of aliphatic hydroxyl groups excluding tert-OH is 2. The second-order valence-electron chi connectivity index (χ2n) is 3.33. The van der Waals surface area contributed by atoms with Crippen molar-refractivity contribution in [3.63, 3.8) is 0 Å². The molecule has 1 rings (SSSR count). The van der Waals surface area contributed by atoms with E-state index in [1.807, 2.05) is 0 Å². The molecule has 0 fully saturated rings. The summed E-state index contributed by atoms with van der Waals surface area (Å²) in [6, 6.07) is 5.80. The van der Waals surface area contributed by atoms with Gasteiger partial charge in [-0.3, -0.25) is 0 Å². The first-order valence-electron chi connectivity index (χ1n) is 4.85. The van der Waals surface area contributed by atoms with Crippen LogP contribution in [0.5, 0.6) is 0 Å². The van der Waals surface area contributed by atoms with Gasteiger partial charge in [-0.15, -0.1) is 0 Å². The second kappa shape index (κ2) is 6.18. The molecule has 86 valence electrons. The molecule has 0 aliphatic carbocycles. The van der Waals surface area contributed by atoms with Crippen LogP contribution in [0.25, 0.3) is 0 Å². The summed E-state index contributed by atoms with van der Waals surface area (Å²) in [5.41, 5.74) is 0.329. The number of nitrogens with zero attached hydrogens (tertiary/aromatic N) is 1. The van der Waals surface area contributed by atoms with Gasteiger partial charge < -0.3 is 15.5 Å². The molecule has 0 aromatic heterocycles. The van der Waals surface area contributed by atoms with E-state index in [4.69, 9.17) is 15.5 Å². The largest absolute Gasteiger partial charge is 0.395 e. The molecule has 16 heavy (non-hydrogen) atoms. The van der Waals surface area contributed by atoms with Crippen LogP contribution < -0.4 is 5.32 Å². The van der Waals surface area contributed by atoms with Crippen LogP contribution in [-0.4, -0.2) is 29.5 Å². The molecule has 0 atom stereocenters. The fraction of sp³-hybridized carbons (Fsp3) is 0.364. The molecular formula is C11H13FN2O2. The Bertz CT molecular complexity index is 386. The smallest absolute Gasteiger partial charge is 0.145 e. The number of aliphatic hydroxyl groups is 2. The molecule has 5 heteroatoms. The lowest BCUT2D eigenvalue weighted by Gasteiger charge is -2.13. The van der Waals surface area contributed by atoms with E-state index in [1.165, 1.54) is 6.07 Å². The lowest BCUT2D eigenvalue weighted by atomic mass is 10.1. The van der Waals surface area contributed by atoms with Gasteiger partial charge in [0.05, 0.1) is 24.8 Å². The summed E-state index contributed by atoms with van der Waals surface area (Å²) in [7, 11) is 0. The van der Waals surface area contributed by atoms with Gasteiger partial charge in [-0.1, -0.05) is 12.1 Å². The lowest BCUT2D eigenvalue weighted by molar-refractivity contribution is 0.170. The van der Waals surface area contributed by atoms with Crippen LogP contribution in [0.2, 0.25) is 0 Å². The van der Waals surface area contributed by atoms with Gasteiger partial charge in [0.1, 0.15) is 11.9 Å². The van der Waals surface area contributed by atoms with Gasteiger partial charge in [-0.2, -0.15) is 5.26 Å². The summed E-state index contributed by atoms with van der Waals surface area (Å²) in [4.78, 5) is 0. The second-order valence-corrected chi connectivity index (χ2v) is 3.33. The molecule has 3 N–H and O–H groups in total. The summed E-state index contributed by atoms with van der Waals surface area (Å²) in [6.45, 7) is -0.292. The Balaban J connectivity index is 2.71. The summed E-state index contributed by atoms with van der Waals surface area (Å²) in [5, 5.41) is 29.0. The molecule has 0 spiro atoms. The van der Waals surface area contributed by atoms with Gasteiger partial charge in [0.15, 0.2) is 0 Å². The maximum atomic E-state index is 13.5. The zero-order chi connectivity index (χ0) is 12.0. The van der Waals surface area contributed by atoms with Crippen molar-refractivity contribution in [3.05, 3.63) is 35.1 Å². The van der Waals surface area contributed by atoms with Crippen LogP contribution in [0.4, 0.5) is 4.39 Å². The first kappa shape index (κ1) is 12.6. The highest BCUT2D eigenvalue weighted by Gasteiger charge is 2.09. The molecule has 0 bridgehead atoms. The topological polar surface area (TPSA) is 76.3 Å². The van der Waals surface area contributed by atoms with Gasteiger partial charge in [0, 0.05) is 12.1 Å². The standard InChI is InChI=1S/C11H13FN2O2/c12-11-8(4-13)2-1-3-9(11)5-14-10(6-15)7-16/h1-3,10,14-16H,5-7H2. The van der Waals surface area contributed by atoms with Gasteiger partial charge in [0.25, 0.3) is 0 Å². The van der Waals surface area contributed by atoms with Crippen molar-refractivity contribution in [1.82, 2.24) is 5.32 Å². The molecule has 1 aromatic carbocycles. The number of halogens is 1. The Morgan fingerprint density at radius 3 is 2.62 bits per heavy atom. The summed E-state index contributed by atoms with van der Waals surface area (Å²) in [5.74, 6) is -0.563. The number of hydrogen-bond acceptors (Lipinski definition) is 4. The van der Waals surface area contributed by atoms with Crippen molar-refractivity contribution >= 4 is 0 Å². The number of benzene rings is 1. The van der Waals surface area contributed by atoms with Crippen LogP contribution >= 0.6 is 0 Å². The van der Waals surface area contributed by atoms with E-state index in [0.717, 1.165) is 0 Å². The predicted octanol–water partition coefficient (Wildman–Crippen LogP) is 0.140. The summed E-state index contributed by atoms with van der Waals surface area (Å²) >= 11 is 0. The van der Waals surface area contributed by atoms with E-state index in [-0.39, 0.29) is 25.3 Å². The van der Waals surface area contributed by atoms with Gasteiger partial charge in [0.2, 0.25) is 0 Å². The van der Waals surface area contributed by atoms with Crippen LogP contribution in [0, 0.1) is 17.1 Å². The van der Waals surface area contributed by atoms with Crippen LogP contribution in [-0.2, 0) is 6.54 Å². The highest BCUT2D eigenvalue weighted by Crippen LogP contribution is 2.11. The minimum atomic E-state index is -0.563. The van der Waals surface area contributed by atoms with E-state index >= 15 is 0 Å². The van der Waals surface area contributed by atoms with Gasteiger partial charge >= 0.3 is 0 Å². The number of hydrogen-bond donors (Lipinski definition) is 3. The average molecular weight is 224 g/mol. The average Bonchev–Trinajstić information content (AvgIpc) is 2.32. The fourth-order valence-corrected chi connectivity index (χ4v) is 1.24. The molecule has 0 saturated heterocycles. The third kappa shape index (κ3) is 3.00. The molecule has 1 aromatic rings. The Morgan fingerprint density at radius 2 is 2.06 bits per heavy atom. The van der Waals surface area contributed by atoms with Crippen LogP contribution in [0.1, 0.15) is 11.1 Å². The van der Waals surface area contributed by atoms with E-state index in [9.17, 15) is 4.39 Å². The van der Waals surface area contributed by atoms with Crippen molar-refractivity contribution in [2.24, 2.45) is 0 Å². The number of nitriles is 1. The molecule has 0 aliphatic heterocycles. The SMILES string of the molecule is N#Cc1cccc(CNC(CO)CO)c1F. The Morgan fingerprint density at radius 1 is 1.38 bits per heavy atom. The zero-order valence-electron chi connectivity index (χ0n) is 8.65. The van der Waals surface area contributed by atoms with Gasteiger partial charge in [-0.05, 0) is 6.07 Å². The molecular weight excluding hydrogens is 211 g/mol. The Kier molecular flexibility index (Phi) is 4.86. The minimum absolute atomic E-state index is 0.0103. The summed E-state index contributed by atoms with van der Waals surface area (Å²) < 4.78 is 13.5. The molecule has 0 heterocycles. The maximum Gasteiger partial charge on any atom is 0.145 e. The van der Waals surface area contributed by atoms with Gasteiger partial charge in [-0.25, -0.2) is 4.39 Å². The normalized spacial score (nSPS) is 10.4. The quantitative estimate of drug-likeness (QED) is 0.665. The monoisotopic (exact) mass is 224 g/mol. The molecule has 0 unspecified atom stereocenters.